The summed E-state index contributed by atoms with van der Waals surface area (Å²) < 4.78 is 56.9. The Hall–Kier alpha value is -4.61. The minimum atomic E-state index is -3.56. The zero-order chi connectivity index (χ0) is 62.0. The van der Waals surface area contributed by atoms with Crippen LogP contribution in [0.15, 0.2) is 48.9 Å². The number of nitrogens with zero attached hydrogens (tertiary/aromatic N) is 10. The van der Waals surface area contributed by atoms with Crippen LogP contribution in [0.2, 0.25) is 0 Å². The van der Waals surface area contributed by atoms with E-state index in [1.165, 1.54) is 28.8 Å². The van der Waals surface area contributed by atoms with Crippen molar-refractivity contribution in [3.05, 3.63) is 64.8 Å². The van der Waals surface area contributed by atoms with E-state index in [-0.39, 0.29) is 51.3 Å². The van der Waals surface area contributed by atoms with Crippen LogP contribution in [-0.2, 0) is 21.4 Å². The molecule has 0 atom stereocenters. The normalized spacial score (nSPS) is 13.7. The maximum absolute atomic E-state index is 11.1. The Morgan fingerprint density at radius 2 is 0.846 bits per heavy atom. The summed E-state index contributed by atoms with van der Waals surface area (Å²) in [5.74, 6) is 4.76. The number of nitriles is 1. The van der Waals surface area contributed by atoms with E-state index in [0.717, 1.165) is 40.0 Å². The molecule has 2 aromatic rings. The van der Waals surface area contributed by atoms with Crippen LogP contribution >= 0.6 is 11.7 Å². The van der Waals surface area contributed by atoms with Gasteiger partial charge in [0.25, 0.3) is 11.2 Å². The molecule has 1 aromatic heterocycles. The summed E-state index contributed by atoms with van der Waals surface area (Å²) in [4.78, 5) is 39.9. The predicted molar refractivity (Wildman–Crippen MR) is 334 cm³/mol. The Bertz CT molecular complexity index is 2500. The molecule has 1 aromatic carbocycles. The van der Waals surface area contributed by atoms with Crippen molar-refractivity contribution in [1.29, 1.82) is 5.26 Å². The minimum absolute atomic E-state index is 0.110. The van der Waals surface area contributed by atoms with Crippen molar-refractivity contribution in [2.75, 3.05) is 7.05 Å². The third-order valence-corrected chi connectivity index (χ3v) is 13.8. The van der Waals surface area contributed by atoms with Crippen LogP contribution in [0.5, 0.6) is 0 Å². The second kappa shape index (κ2) is 37.3. The number of aromatic nitrogens is 2. The van der Waals surface area contributed by atoms with Crippen LogP contribution in [0, 0.1) is 80.7 Å². The molecule has 3 heterocycles. The quantitative estimate of drug-likeness (QED) is 0.0536. The number of nitro groups is 1. The van der Waals surface area contributed by atoms with Crippen LogP contribution in [0.3, 0.4) is 0 Å². The Kier molecular flexibility index (Phi) is 37.2. The molecule has 0 N–H and O–H groups in total. The lowest BCUT2D eigenvalue weighted by Gasteiger charge is -2.16. The smallest absolute Gasteiger partial charge is 0.297 e. The Morgan fingerprint density at radius 3 is 1.01 bits per heavy atom. The zero-order valence-electron chi connectivity index (χ0n) is 53.2. The van der Waals surface area contributed by atoms with E-state index in [1.54, 1.807) is 0 Å². The molecular formula is C58H102N10O7S3. The van der Waals surface area contributed by atoms with Gasteiger partial charge in [-0.15, -0.1) is 8.80 Å². The van der Waals surface area contributed by atoms with E-state index in [2.05, 4.69) is 119 Å². The molecule has 0 unspecified atom stereocenters. The fourth-order valence-corrected chi connectivity index (χ4v) is 11.0. The van der Waals surface area contributed by atoms with Crippen LogP contribution < -0.4 is 10.9 Å². The lowest BCUT2D eigenvalue weighted by Crippen LogP contribution is -2.41. The molecule has 2 aliphatic rings. The van der Waals surface area contributed by atoms with Crippen molar-refractivity contribution in [3.63, 3.8) is 0 Å². The molecule has 20 heteroatoms. The summed E-state index contributed by atoms with van der Waals surface area (Å²) in [5.41, 5.74) is 9.52. The molecule has 2 aliphatic heterocycles. The summed E-state index contributed by atoms with van der Waals surface area (Å²) in [7, 11) is -1.69. The second-order valence-electron chi connectivity index (χ2n) is 23.5. The molecular weight excluding hydrogens is 1040 g/mol. The summed E-state index contributed by atoms with van der Waals surface area (Å²) in [6, 6.07) is 0. The average Bonchev–Trinajstić information content (AvgIpc) is 4.04. The van der Waals surface area contributed by atoms with Gasteiger partial charge >= 0.3 is 10.2 Å². The van der Waals surface area contributed by atoms with Crippen molar-refractivity contribution in [1.82, 2.24) is 8.75 Å². The van der Waals surface area contributed by atoms with Crippen molar-refractivity contribution < 1.29 is 17.6 Å². The second-order valence-corrected chi connectivity index (χ2v) is 26.1. The average molecular weight is 1150 g/mol. The van der Waals surface area contributed by atoms with Gasteiger partial charge in [-0.2, -0.15) is 36.2 Å². The highest BCUT2D eigenvalue weighted by molar-refractivity contribution is 7.89. The van der Waals surface area contributed by atoms with Crippen molar-refractivity contribution in [2.45, 2.75) is 218 Å². The van der Waals surface area contributed by atoms with Crippen molar-refractivity contribution in [2.24, 2.45) is 86.8 Å². The minimum Gasteiger partial charge on any atom is -0.297 e. The third-order valence-electron chi connectivity index (χ3n) is 11.7. The van der Waals surface area contributed by atoms with Crippen molar-refractivity contribution >= 4 is 67.4 Å². The molecule has 0 fully saturated rings. The number of aliphatic imine (C=N–C) groups is 2. The van der Waals surface area contributed by atoms with Gasteiger partial charge in [0.2, 0.25) is 23.3 Å². The molecule has 78 heavy (non-hydrogen) atoms. The molecule has 444 valence electrons. The number of hydrogen-bond donors (Lipinski definition) is 0. The highest BCUT2D eigenvalue weighted by Gasteiger charge is 2.28. The molecule has 4 rings (SSSR count). The Balaban J connectivity index is -0.000000844. The van der Waals surface area contributed by atoms with E-state index in [9.17, 15) is 32.3 Å². The summed E-state index contributed by atoms with van der Waals surface area (Å²) in [6.45, 7) is 57.0. The zero-order valence-corrected chi connectivity index (χ0v) is 55.7. The van der Waals surface area contributed by atoms with Gasteiger partial charge in [-0.3, -0.25) is 24.7 Å². The molecule has 0 spiro atoms. The maximum Gasteiger partial charge on any atom is 0.363 e. The van der Waals surface area contributed by atoms with Gasteiger partial charge in [0.15, 0.2) is 0 Å². The van der Waals surface area contributed by atoms with Gasteiger partial charge in [0.1, 0.15) is 0 Å². The molecule has 0 saturated carbocycles. The van der Waals surface area contributed by atoms with Gasteiger partial charge in [-0.1, -0.05) is 194 Å². The topological polar surface area (TPSA) is 252 Å². The molecule has 0 amide bonds. The van der Waals surface area contributed by atoms with E-state index < -0.39 is 21.4 Å². The molecule has 17 nitrogen and oxygen atoms in total. The Labute approximate surface area is 478 Å². The van der Waals surface area contributed by atoms with Crippen LogP contribution in [0.1, 0.15) is 240 Å². The molecule has 0 aliphatic carbocycles. The Morgan fingerprint density at radius 1 is 0.538 bits per heavy atom. The lowest BCUT2D eigenvalue weighted by atomic mass is 9.85. The summed E-state index contributed by atoms with van der Waals surface area (Å²) in [6.07, 6.45) is 2.94. The fraction of sp³-hybridized carbons (Fsp3) is 0.741. The van der Waals surface area contributed by atoms with E-state index in [1.807, 2.05) is 124 Å². The predicted octanol–water partition coefficient (Wildman–Crippen LogP) is 14.6. The lowest BCUT2D eigenvalue weighted by molar-refractivity contribution is -0.404. The van der Waals surface area contributed by atoms with Gasteiger partial charge in [0.05, 0.1) is 50.9 Å². The standard InChI is InChI=1S/C10H14O2.C8H14N2O2S.C8H14N2OS.C8H14N2S.C8H14N2.C8H15NO2.C8H17N/c1-5(2)7-8(6(3)4)10(12)9(7)11;1-5(2)7-8(6(3)4)10-13(11,12)9-7;1-5(2)7-8(6(3)4)10-12(11)9-7;1-5(2)7-8(6(3)4)10-11-9-7;1-6(2)8(7(3)4)10-5-9;1-6(2)8(7(3)4)5-9(10)11;1-6(2)8(9-5)7(3)4/h5-6H,1-4H3;5-6H,1-4H3;5-6H,1-4H3;5-6H,1-4H3;6-7H,1-4H3;5-7H,1-4H3;6-7H,1-5H3. The highest BCUT2D eigenvalue weighted by Crippen LogP contribution is 2.24. The van der Waals surface area contributed by atoms with Gasteiger partial charge in [-0.05, 0) is 82.9 Å². The molecule has 0 radical (unpaired) electrons. The summed E-state index contributed by atoms with van der Waals surface area (Å²) >= 11 is -0.0253. The van der Waals surface area contributed by atoms with Crippen LogP contribution in [0.25, 0.3) is 0 Å². The first kappa shape index (κ1) is 77.6. The SMILES string of the molecule is CC(C)C(=C[N+](=O)[O-])C(C)C.CC(C)C(=NC#N)C(C)C.CC(C)C1=NS(=O)(=O)N=C1C(C)C.CC(C)C1=NS(=O)N=C1C(C)C.CC(C)c1c(C(C)C)c(=O)c1=O.CC(C)c1nsnc1C(C)C.CN=C(C(C)C)C(C)C. The first-order valence-corrected chi connectivity index (χ1v) is 30.7. The number of hydrogen-bond acceptors (Lipinski definition) is 13. The van der Waals surface area contributed by atoms with Gasteiger partial charge < -0.3 is 0 Å². The first-order valence-electron chi connectivity index (χ1n) is 27.6. The maximum atomic E-state index is 11.1. The van der Waals surface area contributed by atoms with Crippen LogP contribution in [0.4, 0.5) is 0 Å². The van der Waals surface area contributed by atoms with E-state index in [0.29, 0.717) is 58.8 Å². The monoisotopic (exact) mass is 1150 g/mol. The summed E-state index contributed by atoms with van der Waals surface area (Å²) in [5, 5.41) is 18.4. The van der Waals surface area contributed by atoms with Crippen LogP contribution in [-0.4, -0.2) is 67.6 Å². The van der Waals surface area contributed by atoms with Crippen molar-refractivity contribution in [3.8, 4) is 6.19 Å². The van der Waals surface area contributed by atoms with E-state index in [4.69, 9.17) is 5.26 Å². The largest absolute Gasteiger partial charge is 0.363 e. The van der Waals surface area contributed by atoms with Gasteiger partial charge in [-0.25, -0.2) is 4.21 Å². The first-order chi connectivity index (χ1) is 35.6. The van der Waals surface area contributed by atoms with Gasteiger partial charge in [0, 0.05) is 35.2 Å². The highest BCUT2D eigenvalue weighted by atomic mass is 32.2. The van der Waals surface area contributed by atoms with E-state index >= 15 is 0 Å². The fourth-order valence-electron chi connectivity index (χ4n) is 8.08. The molecule has 0 bridgehead atoms. The number of rotatable bonds is 15. The third kappa shape index (κ3) is 28.0. The number of allylic oxidation sites excluding steroid dienone is 1. The molecule has 0 saturated heterocycles.